The number of halogens is 1. The molecular weight excluding hydrogens is 318 g/mol. The highest BCUT2D eigenvalue weighted by Crippen LogP contribution is 2.35. The van der Waals surface area contributed by atoms with Gasteiger partial charge in [-0.15, -0.1) is 0 Å². The molecule has 0 heterocycles. The molecule has 0 aliphatic carbocycles. The number of rotatable bonds is 6. The van der Waals surface area contributed by atoms with Gasteiger partial charge in [0.2, 0.25) is 5.91 Å². The summed E-state index contributed by atoms with van der Waals surface area (Å²) >= 11 is 6.09. The van der Waals surface area contributed by atoms with Crippen LogP contribution in [0.25, 0.3) is 0 Å². The summed E-state index contributed by atoms with van der Waals surface area (Å²) in [6.07, 6.45) is 0.212. The van der Waals surface area contributed by atoms with E-state index in [2.05, 4.69) is 5.32 Å². The number of carbonyl (C=O) groups excluding carboxylic acids is 1. The van der Waals surface area contributed by atoms with E-state index < -0.39 is 0 Å². The second kappa shape index (κ2) is 7.74. The summed E-state index contributed by atoms with van der Waals surface area (Å²) in [6.45, 7) is 0. The van der Waals surface area contributed by atoms with Crippen molar-refractivity contribution in [1.82, 2.24) is 0 Å². The van der Waals surface area contributed by atoms with E-state index in [9.17, 15) is 4.79 Å². The number of amides is 1. The van der Waals surface area contributed by atoms with Crippen LogP contribution in [0, 0.1) is 0 Å². The summed E-state index contributed by atoms with van der Waals surface area (Å²) in [5.74, 6) is 1.48. The molecule has 0 bridgehead atoms. The lowest BCUT2D eigenvalue weighted by Gasteiger charge is -2.13. The van der Waals surface area contributed by atoms with E-state index in [0.717, 1.165) is 5.56 Å². The highest BCUT2D eigenvalue weighted by molar-refractivity contribution is 6.32. The molecule has 0 aliphatic heterocycles. The van der Waals surface area contributed by atoms with Gasteiger partial charge in [0.25, 0.3) is 0 Å². The van der Waals surface area contributed by atoms with Crippen LogP contribution >= 0.6 is 11.6 Å². The molecule has 0 radical (unpaired) electrons. The van der Waals surface area contributed by atoms with Gasteiger partial charge in [-0.3, -0.25) is 4.79 Å². The third kappa shape index (κ3) is 4.29. The maximum atomic E-state index is 12.2. The van der Waals surface area contributed by atoms with Crippen molar-refractivity contribution >= 4 is 23.2 Å². The fraction of sp³-hybridized carbons (Fsp3) is 0.235. The Balaban J connectivity index is 2.14. The number of ether oxygens (including phenoxy) is 3. The van der Waals surface area contributed by atoms with Crippen molar-refractivity contribution < 1.29 is 19.0 Å². The largest absolute Gasteiger partial charge is 0.497 e. The van der Waals surface area contributed by atoms with Crippen molar-refractivity contribution in [2.75, 3.05) is 26.6 Å². The molecule has 1 N–H and O–H groups in total. The van der Waals surface area contributed by atoms with Crippen molar-refractivity contribution in [1.29, 1.82) is 0 Å². The van der Waals surface area contributed by atoms with Crippen LogP contribution < -0.4 is 19.5 Å². The number of hydrogen-bond acceptors (Lipinski definition) is 4. The molecule has 0 unspecified atom stereocenters. The van der Waals surface area contributed by atoms with Crippen LogP contribution in [-0.4, -0.2) is 27.2 Å². The van der Waals surface area contributed by atoms with Crippen LogP contribution in [0.5, 0.6) is 17.2 Å². The number of hydrogen-bond donors (Lipinski definition) is 1. The van der Waals surface area contributed by atoms with E-state index in [0.29, 0.717) is 28.0 Å². The number of carbonyl (C=O) groups is 1. The van der Waals surface area contributed by atoms with Gasteiger partial charge >= 0.3 is 0 Å². The van der Waals surface area contributed by atoms with E-state index in [1.165, 1.54) is 14.2 Å². The molecule has 0 spiro atoms. The molecule has 0 atom stereocenters. The van der Waals surface area contributed by atoms with Crippen LogP contribution in [0.1, 0.15) is 5.56 Å². The standard InChI is InChI=1S/C17H18ClNO4/c1-21-12-6-4-5-11(7-12)8-17(20)19-14-9-13(18)15(22-2)10-16(14)23-3/h4-7,9-10H,8H2,1-3H3,(H,19,20). The molecule has 2 aromatic carbocycles. The molecule has 0 saturated heterocycles. The fourth-order valence-electron chi connectivity index (χ4n) is 2.12. The summed E-state index contributed by atoms with van der Waals surface area (Å²) < 4.78 is 15.5. The van der Waals surface area contributed by atoms with Crippen LogP contribution in [0.4, 0.5) is 5.69 Å². The van der Waals surface area contributed by atoms with Gasteiger partial charge in [-0.25, -0.2) is 0 Å². The van der Waals surface area contributed by atoms with Crippen molar-refractivity contribution in [2.45, 2.75) is 6.42 Å². The molecule has 1 amide bonds. The van der Waals surface area contributed by atoms with Gasteiger partial charge in [0.15, 0.2) is 0 Å². The van der Waals surface area contributed by atoms with Crippen molar-refractivity contribution in [3.8, 4) is 17.2 Å². The molecular formula is C17H18ClNO4. The first-order valence-corrected chi connectivity index (χ1v) is 7.29. The first-order chi connectivity index (χ1) is 11.1. The smallest absolute Gasteiger partial charge is 0.228 e. The molecule has 2 aromatic rings. The Bertz CT molecular complexity index is 703. The average molecular weight is 336 g/mol. The molecule has 0 saturated carbocycles. The summed E-state index contributed by atoms with van der Waals surface area (Å²) in [4.78, 5) is 12.2. The minimum Gasteiger partial charge on any atom is -0.497 e. The average Bonchev–Trinajstić information content (AvgIpc) is 2.55. The van der Waals surface area contributed by atoms with Gasteiger partial charge in [0.1, 0.15) is 17.2 Å². The van der Waals surface area contributed by atoms with Gasteiger partial charge in [-0.1, -0.05) is 23.7 Å². The number of benzene rings is 2. The lowest BCUT2D eigenvalue weighted by molar-refractivity contribution is -0.115. The van der Waals surface area contributed by atoms with Crippen molar-refractivity contribution in [3.63, 3.8) is 0 Å². The van der Waals surface area contributed by atoms with Crippen molar-refractivity contribution in [3.05, 3.63) is 47.0 Å². The molecule has 6 heteroatoms. The Morgan fingerprint density at radius 1 is 1.04 bits per heavy atom. The number of nitrogens with one attached hydrogen (secondary N) is 1. The van der Waals surface area contributed by atoms with Gasteiger partial charge in [0, 0.05) is 6.07 Å². The third-order valence-electron chi connectivity index (χ3n) is 3.25. The van der Waals surface area contributed by atoms with Gasteiger partial charge in [-0.05, 0) is 23.8 Å². The maximum absolute atomic E-state index is 12.2. The number of anilines is 1. The Kier molecular flexibility index (Phi) is 5.71. The fourth-order valence-corrected chi connectivity index (χ4v) is 2.36. The lowest BCUT2D eigenvalue weighted by Crippen LogP contribution is -2.15. The summed E-state index contributed by atoms with van der Waals surface area (Å²) in [5, 5.41) is 3.19. The van der Waals surface area contributed by atoms with Crippen LogP contribution in [0.15, 0.2) is 36.4 Å². The summed E-state index contributed by atoms with van der Waals surface area (Å²) in [6, 6.07) is 10.6. The zero-order valence-corrected chi connectivity index (χ0v) is 13.9. The van der Waals surface area contributed by atoms with E-state index >= 15 is 0 Å². The predicted molar refractivity (Wildman–Crippen MR) is 89.9 cm³/mol. The second-order valence-electron chi connectivity index (χ2n) is 4.76. The van der Waals surface area contributed by atoms with Gasteiger partial charge in [0.05, 0.1) is 38.5 Å². The zero-order chi connectivity index (χ0) is 16.8. The number of methoxy groups -OCH3 is 3. The third-order valence-corrected chi connectivity index (χ3v) is 3.54. The Labute approximate surface area is 140 Å². The monoisotopic (exact) mass is 335 g/mol. The molecule has 0 fully saturated rings. The van der Waals surface area contributed by atoms with Gasteiger partial charge < -0.3 is 19.5 Å². The molecule has 2 rings (SSSR count). The maximum Gasteiger partial charge on any atom is 0.228 e. The lowest BCUT2D eigenvalue weighted by atomic mass is 10.1. The molecule has 122 valence electrons. The molecule has 0 aromatic heterocycles. The highest BCUT2D eigenvalue weighted by atomic mass is 35.5. The Morgan fingerprint density at radius 3 is 2.43 bits per heavy atom. The van der Waals surface area contributed by atoms with E-state index in [-0.39, 0.29) is 12.3 Å². The molecule has 23 heavy (non-hydrogen) atoms. The minimum atomic E-state index is -0.183. The molecule has 0 aliphatic rings. The first-order valence-electron chi connectivity index (χ1n) is 6.91. The molecule has 5 nitrogen and oxygen atoms in total. The van der Waals surface area contributed by atoms with E-state index in [1.807, 2.05) is 24.3 Å². The minimum absolute atomic E-state index is 0.183. The SMILES string of the molecule is COc1cccc(CC(=O)Nc2cc(Cl)c(OC)cc2OC)c1. The van der Waals surface area contributed by atoms with E-state index in [1.54, 1.807) is 19.2 Å². The van der Waals surface area contributed by atoms with Crippen LogP contribution in [0.2, 0.25) is 5.02 Å². The zero-order valence-electron chi connectivity index (χ0n) is 13.2. The normalized spacial score (nSPS) is 10.1. The Morgan fingerprint density at radius 2 is 1.78 bits per heavy atom. The second-order valence-corrected chi connectivity index (χ2v) is 5.17. The quantitative estimate of drug-likeness (QED) is 0.877. The summed E-state index contributed by atoms with van der Waals surface area (Å²) in [5.41, 5.74) is 1.34. The Hall–Kier alpha value is -2.40. The first kappa shape index (κ1) is 17.0. The van der Waals surface area contributed by atoms with Crippen molar-refractivity contribution in [2.24, 2.45) is 0 Å². The predicted octanol–water partition coefficient (Wildman–Crippen LogP) is 3.55. The van der Waals surface area contributed by atoms with Crippen LogP contribution in [0.3, 0.4) is 0 Å². The highest BCUT2D eigenvalue weighted by Gasteiger charge is 2.13. The van der Waals surface area contributed by atoms with Gasteiger partial charge in [-0.2, -0.15) is 0 Å². The topological polar surface area (TPSA) is 56.8 Å². The summed E-state index contributed by atoms with van der Waals surface area (Å²) in [7, 11) is 4.62. The van der Waals surface area contributed by atoms with E-state index in [4.69, 9.17) is 25.8 Å². The van der Waals surface area contributed by atoms with Crippen LogP contribution in [-0.2, 0) is 11.2 Å².